The molecule has 0 saturated carbocycles. The molecule has 7 heteroatoms. The molecule has 5 aromatic rings. The highest BCUT2D eigenvalue weighted by Crippen LogP contribution is 2.27. The van der Waals surface area contributed by atoms with Crippen LogP contribution in [0.2, 0.25) is 0 Å². The summed E-state index contributed by atoms with van der Waals surface area (Å²) in [5.41, 5.74) is 2.25. The van der Waals surface area contributed by atoms with Gasteiger partial charge in [-0.05, 0) is 36.4 Å². The van der Waals surface area contributed by atoms with Crippen molar-refractivity contribution in [1.29, 1.82) is 0 Å². The smallest absolute Gasteiger partial charge is 0.282 e. The molecule has 0 aliphatic carbocycles. The maximum absolute atomic E-state index is 13.3. The van der Waals surface area contributed by atoms with Crippen molar-refractivity contribution >= 4 is 33.8 Å². The number of furan rings is 1. The lowest BCUT2D eigenvalue weighted by atomic mass is 10.2. The van der Waals surface area contributed by atoms with E-state index < -0.39 is 0 Å². The Morgan fingerprint density at radius 1 is 1.03 bits per heavy atom. The minimum absolute atomic E-state index is 0.0621. The summed E-state index contributed by atoms with van der Waals surface area (Å²) < 4.78 is 7.17. The van der Waals surface area contributed by atoms with Crippen molar-refractivity contribution in [2.24, 2.45) is 5.10 Å². The summed E-state index contributed by atoms with van der Waals surface area (Å²) >= 11 is 0. The minimum Gasteiger partial charge on any atom is -0.507 e. The van der Waals surface area contributed by atoms with Crippen LogP contribution in [0.3, 0.4) is 0 Å². The molecule has 0 unspecified atom stereocenters. The molecule has 32 heavy (non-hydrogen) atoms. The number of phenols is 1. The number of anilines is 1. The Bertz CT molecular complexity index is 1510. The van der Waals surface area contributed by atoms with Crippen LogP contribution < -0.4 is 10.5 Å². The third-order valence-electron chi connectivity index (χ3n) is 5.24. The van der Waals surface area contributed by atoms with Crippen molar-refractivity contribution in [3.8, 4) is 17.3 Å². The summed E-state index contributed by atoms with van der Waals surface area (Å²) in [5, 5.41) is 16.1. The summed E-state index contributed by atoms with van der Waals surface area (Å²) in [6, 6.07) is 21.8. The van der Waals surface area contributed by atoms with Gasteiger partial charge in [0, 0.05) is 36.8 Å². The van der Waals surface area contributed by atoms with Gasteiger partial charge in [-0.2, -0.15) is 9.78 Å². The Kier molecular flexibility index (Phi) is 4.71. The summed E-state index contributed by atoms with van der Waals surface area (Å²) in [7, 11) is 3.78. The van der Waals surface area contributed by atoms with E-state index in [1.807, 2.05) is 61.5 Å². The standard InChI is InChI=1S/C25H20N4O3/c1-28(2)18-12-11-17(21(30)14-18)15-26-29-24(23-13-16-7-3-6-10-22(16)32-23)27-20-9-5-4-8-19(20)25(29)31/h3-15,30H,1-2H3. The number of benzene rings is 3. The fourth-order valence-electron chi connectivity index (χ4n) is 3.52. The van der Waals surface area contributed by atoms with Crippen molar-refractivity contribution in [3.05, 3.63) is 88.7 Å². The monoisotopic (exact) mass is 424 g/mol. The van der Waals surface area contributed by atoms with Crippen molar-refractivity contribution in [2.75, 3.05) is 19.0 Å². The second-order valence-corrected chi connectivity index (χ2v) is 7.60. The normalized spacial score (nSPS) is 11.6. The number of rotatable bonds is 4. The highest BCUT2D eigenvalue weighted by Gasteiger charge is 2.16. The van der Waals surface area contributed by atoms with Gasteiger partial charge in [-0.15, -0.1) is 0 Å². The van der Waals surface area contributed by atoms with Crippen LogP contribution in [0.1, 0.15) is 5.56 Å². The van der Waals surface area contributed by atoms with Crippen molar-refractivity contribution in [1.82, 2.24) is 9.66 Å². The average Bonchev–Trinajstić information content (AvgIpc) is 3.23. The van der Waals surface area contributed by atoms with Crippen LogP contribution >= 0.6 is 0 Å². The molecule has 3 aromatic carbocycles. The third kappa shape index (κ3) is 3.39. The molecule has 0 fully saturated rings. The van der Waals surface area contributed by atoms with E-state index in [-0.39, 0.29) is 17.1 Å². The topological polar surface area (TPSA) is 83.9 Å². The van der Waals surface area contributed by atoms with Gasteiger partial charge < -0.3 is 14.4 Å². The van der Waals surface area contributed by atoms with E-state index >= 15 is 0 Å². The van der Waals surface area contributed by atoms with Gasteiger partial charge in [-0.3, -0.25) is 4.79 Å². The van der Waals surface area contributed by atoms with Crippen LogP contribution in [0.4, 0.5) is 5.69 Å². The van der Waals surface area contributed by atoms with Gasteiger partial charge in [0.15, 0.2) is 5.76 Å². The number of aromatic nitrogens is 2. The average molecular weight is 424 g/mol. The maximum Gasteiger partial charge on any atom is 0.282 e. The highest BCUT2D eigenvalue weighted by molar-refractivity contribution is 5.86. The molecule has 0 radical (unpaired) electrons. The van der Waals surface area contributed by atoms with Crippen LogP contribution in [0.25, 0.3) is 33.5 Å². The van der Waals surface area contributed by atoms with Crippen molar-refractivity contribution in [3.63, 3.8) is 0 Å². The van der Waals surface area contributed by atoms with E-state index in [9.17, 15) is 9.90 Å². The number of nitrogens with zero attached hydrogens (tertiary/aromatic N) is 4. The number of hydrogen-bond acceptors (Lipinski definition) is 6. The molecule has 0 aliphatic heterocycles. The van der Waals surface area contributed by atoms with Gasteiger partial charge in [-0.1, -0.05) is 30.3 Å². The molecular weight excluding hydrogens is 404 g/mol. The number of para-hydroxylation sites is 2. The van der Waals surface area contributed by atoms with E-state index in [0.717, 1.165) is 11.1 Å². The number of fused-ring (bicyclic) bond motifs is 2. The minimum atomic E-state index is -0.327. The van der Waals surface area contributed by atoms with Gasteiger partial charge >= 0.3 is 0 Å². The molecule has 0 amide bonds. The lowest BCUT2D eigenvalue weighted by Gasteiger charge is -2.13. The van der Waals surface area contributed by atoms with Crippen LogP contribution in [0.15, 0.2) is 87.1 Å². The largest absolute Gasteiger partial charge is 0.507 e. The predicted octanol–water partition coefficient (Wildman–Crippen LogP) is 4.46. The second-order valence-electron chi connectivity index (χ2n) is 7.60. The van der Waals surface area contributed by atoms with Crippen LogP contribution in [0, 0.1) is 0 Å². The fraction of sp³-hybridized carbons (Fsp3) is 0.0800. The van der Waals surface area contributed by atoms with E-state index in [2.05, 4.69) is 10.1 Å². The first-order chi connectivity index (χ1) is 15.5. The zero-order valence-corrected chi connectivity index (χ0v) is 17.6. The van der Waals surface area contributed by atoms with Gasteiger partial charge in [0.2, 0.25) is 5.82 Å². The van der Waals surface area contributed by atoms with Crippen LogP contribution in [0.5, 0.6) is 5.75 Å². The maximum atomic E-state index is 13.3. The molecule has 2 aromatic heterocycles. The van der Waals surface area contributed by atoms with Gasteiger partial charge in [-0.25, -0.2) is 4.98 Å². The molecule has 158 valence electrons. The molecule has 0 atom stereocenters. The van der Waals surface area contributed by atoms with E-state index in [4.69, 9.17) is 4.42 Å². The lowest BCUT2D eigenvalue weighted by molar-refractivity contribution is 0.474. The van der Waals surface area contributed by atoms with Crippen LogP contribution in [-0.2, 0) is 0 Å². The molecule has 0 bridgehead atoms. The lowest BCUT2D eigenvalue weighted by Crippen LogP contribution is -2.20. The first-order valence-electron chi connectivity index (χ1n) is 10.1. The van der Waals surface area contributed by atoms with Crippen molar-refractivity contribution in [2.45, 2.75) is 0 Å². The Morgan fingerprint density at radius 3 is 2.59 bits per heavy atom. The molecule has 1 N–H and O–H groups in total. The quantitative estimate of drug-likeness (QED) is 0.431. The zero-order chi connectivity index (χ0) is 22.2. The summed E-state index contributed by atoms with van der Waals surface area (Å²) in [6.07, 6.45) is 1.44. The molecule has 2 heterocycles. The summed E-state index contributed by atoms with van der Waals surface area (Å²) in [6.45, 7) is 0. The van der Waals surface area contributed by atoms with E-state index in [0.29, 0.717) is 27.8 Å². The van der Waals surface area contributed by atoms with E-state index in [1.165, 1.54) is 10.9 Å². The second kappa shape index (κ2) is 7.70. The van der Waals surface area contributed by atoms with Gasteiger partial charge in [0.05, 0.1) is 17.1 Å². The molecule has 5 rings (SSSR count). The molecule has 0 saturated heterocycles. The Balaban J connectivity index is 1.69. The van der Waals surface area contributed by atoms with Gasteiger partial charge in [0.25, 0.3) is 5.56 Å². The van der Waals surface area contributed by atoms with Gasteiger partial charge in [0.1, 0.15) is 11.3 Å². The molecule has 0 aliphatic rings. The van der Waals surface area contributed by atoms with E-state index in [1.54, 1.807) is 30.3 Å². The Hall–Kier alpha value is -4.39. The molecular formula is C25H20N4O3. The number of phenolic OH excluding ortho intramolecular Hbond substituents is 1. The Labute approximate surface area is 183 Å². The first-order valence-corrected chi connectivity index (χ1v) is 10.1. The summed E-state index contributed by atoms with van der Waals surface area (Å²) in [5.74, 6) is 0.774. The molecule has 7 nitrogen and oxygen atoms in total. The van der Waals surface area contributed by atoms with Crippen molar-refractivity contribution < 1.29 is 9.52 Å². The first kappa shape index (κ1) is 19.6. The highest BCUT2D eigenvalue weighted by atomic mass is 16.3. The fourth-order valence-corrected chi connectivity index (χ4v) is 3.52. The summed E-state index contributed by atoms with van der Waals surface area (Å²) in [4.78, 5) is 19.8. The van der Waals surface area contributed by atoms with Crippen LogP contribution in [-0.4, -0.2) is 35.1 Å². The number of aromatic hydroxyl groups is 1. The number of hydrogen-bond donors (Lipinski definition) is 1. The Morgan fingerprint density at radius 2 is 1.81 bits per heavy atom. The molecule has 0 spiro atoms. The SMILES string of the molecule is CN(C)c1ccc(C=Nn2c(-c3cc4ccccc4o3)nc3ccccc3c2=O)c(O)c1. The predicted molar refractivity (Wildman–Crippen MR) is 127 cm³/mol. The third-order valence-corrected chi connectivity index (χ3v) is 5.24. The zero-order valence-electron chi connectivity index (χ0n) is 17.6.